The fraction of sp³-hybridized carbons (Fsp3) is 0.455. The highest BCUT2D eigenvalue weighted by molar-refractivity contribution is 7.90. The molecule has 90 valence electrons. The zero-order valence-corrected chi connectivity index (χ0v) is 10.1. The first-order valence-corrected chi connectivity index (χ1v) is 7.01. The van der Waals surface area contributed by atoms with E-state index in [9.17, 15) is 12.8 Å². The summed E-state index contributed by atoms with van der Waals surface area (Å²) >= 11 is 0. The molecule has 0 fully saturated rings. The Morgan fingerprint density at radius 3 is 2.62 bits per heavy atom. The van der Waals surface area contributed by atoms with E-state index < -0.39 is 15.7 Å². The highest BCUT2D eigenvalue weighted by Crippen LogP contribution is 2.15. The van der Waals surface area contributed by atoms with Crippen molar-refractivity contribution in [2.24, 2.45) is 0 Å². The lowest BCUT2D eigenvalue weighted by atomic mass is 10.2. The smallest absolute Gasteiger partial charge is 0.154 e. The maximum atomic E-state index is 13.1. The number of sulfone groups is 1. The lowest BCUT2D eigenvalue weighted by Gasteiger charge is -2.04. The first-order valence-electron chi connectivity index (χ1n) is 5.19. The maximum absolute atomic E-state index is 13.1. The van der Waals surface area contributed by atoms with Crippen molar-refractivity contribution in [3.05, 3.63) is 29.6 Å². The summed E-state index contributed by atoms with van der Waals surface area (Å²) in [5.74, 6) is -0.539. The predicted molar refractivity (Wildman–Crippen MR) is 63.2 cm³/mol. The minimum absolute atomic E-state index is 0.0368. The highest BCUT2D eigenvalue weighted by Gasteiger charge is 2.12. The van der Waals surface area contributed by atoms with Crippen LogP contribution in [-0.4, -0.2) is 14.2 Å². The maximum Gasteiger partial charge on any atom is 0.154 e. The summed E-state index contributed by atoms with van der Waals surface area (Å²) < 4.78 is 36.3. The number of unbranched alkanes of at least 4 members (excludes halogenated alkanes) is 1. The highest BCUT2D eigenvalue weighted by atomic mass is 32.2. The number of halogens is 1. The van der Waals surface area contributed by atoms with E-state index in [2.05, 4.69) is 0 Å². The lowest BCUT2D eigenvalue weighted by Crippen LogP contribution is -2.09. The van der Waals surface area contributed by atoms with Crippen LogP contribution in [0.2, 0.25) is 0 Å². The molecule has 0 radical (unpaired) electrons. The molecule has 1 aromatic carbocycles. The normalized spacial score (nSPS) is 11.6. The largest absolute Gasteiger partial charge is 0.396 e. The Morgan fingerprint density at radius 2 is 2.06 bits per heavy atom. The minimum atomic E-state index is -3.13. The second-order valence-corrected chi connectivity index (χ2v) is 5.99. The third kappa shape index (κ3) is 3.81. The third-order valence-corrected chi connectivity index (χ3v) is 3.94. The van der Waals surface area contributed by atoms with Gasteiger partial charge in [-0.1, -0.05) is 19.4 Å². The van der Waals surface area contributed by atoms with Crippen LogP contribution in [0.5, 0.6) is 0 Å². The lowest BCUT2D eigenvalue weighted by molar-refractivity contribution is 0.591. The summed E-state index contributed by atoms with van der Waals surface area (Å²) in [7, 11) is -3.13. The van der Waals surface area contributed by atoms with Gasteiger partial charge in [-0.2, -0.15) is 0 Å². The number of hydrogen-bond donors (Lipinski definition) is 1. The van der Waals surface area contributed by atoms with Crippen LogP contribution in [0.25, 0.3) is 0 Å². The van der Waals surface area contributed by atoms with E-state index in [1.165, 1.54) is 12.1 Å². The van der Waals surface area contributed by atoms with Crippen molar-refractivity contribution in [2.45, 2.75) is 25.5 Å². The second-order valence-electron chi connectivity index (χ2n) is 3.80. The predicted octanol–water partition coefficient (Wildman–Crippen LogP) is 2.12. The first kappa shape index (κ1) is 13.0. The van der Waals surface area contributed by atoms with Gasteiger partial charge < -0.3 is 5.73 Å². The molecule has 0 saturated heterocycles. The van der Waals surface area contributed by atoms with Gasteiger partial charge in [0.2, 0.25) is 0 Å². The van der Waals surface area contributed by atoms with Gasteiger partial charge in [-0.25, -0.2) is 12.8 Å². The van der Waals surface area contributed by atoms with Crippen LogP contribution in [0.4, 0.5) is 10.1 Å². The van der Waals surface area contributed by atoms with Gasteiger partial charge in [-0.05, 0) is 24.1 Å². The zero-order chi connectivity index (χ0) is 12.2. The molecule has 0 aliphatic carbocycles. The number of rotatable bonds is 5. The van der Waals surface area contributed by atoms with Gasteiger partial charge in [0.15, 0.2) is 9.84 Å². The SMILES string of the molecule is CCCCS(=O)(=O)Cc1ccc(N)c(F)c1. The van der Waals surface area contributed by atoms with Gasteiger partial charge in [0.1, 0.15) is 5.82 Å². The average Bonchev–Trinajstić information content (AvgIpc) is 2.20. The number of nitrogens with two attached hydrogens (primary N) is 1. The molecule has 16 heavy (non-hydrogen) atoms. The molecule has 5 heteroatoms. The van der Waals surface area contributed by atoms with Gasteiger partial charge in [0, 0.05) is 0 Å². The first-order chi connectivity index (χ1) is 7.44. The van der Waals surface area contributed by atoms with Crippen LogP contribution in [-0.2, 0) is 15.6 Å². The zero-order valence-electron chi connectivity index (χ0n) is 9.24. The van der Waals surface area contributed by atoms with Crippen molar-refractivity contribution in [1.29, 1.82) is 0 Å². The fourth-order valence-electron chi connectivity index (χ4n) is 1.35. The quantitative estimate of drug-likeness (QED) is 0.808. The molecule has 0 aromatic heterocycles. The number of anilines is 1. The molecule has 0 saturated carbocycles. The molecule has 0 bridgehead atoms. The minimum Gasteiger partial charge on any atom is -0.396 e. The summed E-state index contributed by atoms with van der Waals surface area (Å²) in [6.07, 6.45) is 1.47. The van der Waals surface area contributed by atoms with Crippen LogP contribution in [0, 0.1) is 5.82 Å². The monoisotopic (exact) mass is 245 g/mol. The van der Waals surface area contributed by atoms with Crippen LogP contribution in [0.1, 0.15) is 25.3 Å². The van der Waals surface area contributed by atoms with E-state index in [4.69, 9.17) is 5.73 Å². The van der Waals surface area contributed by atoms with Gasteiger partial charge in [0.05, 0.1) is 17.2 Å². The van der Waals surface area contributed by atoms with E-state index in [0.717, 1.165) is 6.42 Å². The van der Waals surface area contributed by atoms with Crippen LogP contribution >= 0.6 is 0 Å². The van der Waals surface area contributed by atoms with Crippen LogP contribution < -0.4 is 5.73 Å². The average molecular weight is 245 g/mol. The van der Waals surface area contributed by atoms with Gasteiger partial charge in [-0.3, -0.25) is 0 Å². The van der Waals surface area contributed by atoms with Crippen molar-refractivity contribution in [2.75, 3.05) is 11.5 Å². The molecule has 0 aliphatic rings. The van der Waals surface area contributed by atoms with Crippen LogP contribution in [0.15, 0.2) is 18.2 Å². The molecule has 0 unspecified atom stereocenters. The Labute approximate surface area is 95.4 Å². The van der Waals surface area contributed by atoms with Crippen molar-refractivity contribution in [3.63, 3.8) is 0 Å². The molecule has 1 rings (SSSR count). The topological polar surface area (TPSA) is 60.2 Å². The van der Waals surface area contributed by atoms with Gasteiger partial charge >= 0.3 is 0 Å². The summed E-state index contributed by atoms with van der Waals surface area (Å²) in [6.45, 7) is 1.93. The molecule has 3 nitrogen and oxygen atoms in total. The molecule has 0 atom stereocenters. The molecular formula is C11H16FNO2S. The standard InChI is InChI=1S/C11H16FNO2S/c1-2-3-6-16(14,15)8-9-4-5-11(13)10(12)7-9/h4-5,7H,2-3,6,8,13H2,1H3. The Hall–Kier alpha value is -1.10. The van der Waals surface area contributed by atoms with E-state index in [0.29, 0.717) is 12.0 Å². The molecule has 0 heterocycles. The van der Waals surface area contributed by atoms with Crippen LogP contribution in [0.3, 0.4) is 0 Å². The van der Waals surface area contributed by atoms with E-state index in [1.807, 2.05) is 6.92 Å². The number of benzene rings is 1. The molecule has 2 N–H and O–H groups in total. The molecule has 0 aliphatic heterocycles. The Bertz CT molecular complexity index is 457. The second kappa shape index (κ2) is 5.30. The molecule has 1 aromatic rings. The Kier molecular flexibility index (Phi) is 4.29. The molecule has 0 amide bonds. The van der Waals surface area contributed by atoms with Crippen molar-refractivity contribution in [1.82, 2.24) is 0 Å². The molecular weight excluding hydrogens is 229 g/mol. The van der Waals surface area contributed by atoms with E-state index >= 15 is 0 Å². The summed E-state index contributed by atoms with van der Waals surface area (Å²) in [5.41, 5.74) is 5.79. The summed E-state index contributed by atoms with van der Waals surface area (Å²) in [6, 6.07) is 4.11. The third-order valence-electron chi connectivity index (χ3n) is 2.26. The van der Waals surface area contributed by atoms with Gasteiger partial charge in [0.25, 0.3) is 0 Å². The van der Waals surface area contributed by atoms with Crippen molar-refractivity contribution < 1.29 is 12.8 Å². The van der Waals surface area contributed by atoms with E-state index in [1.54, 1.807) is 6.07 Å². The summed E-state index contributed by atoms with van der Waals surface area (Å²) in [4.78, 5) is 0. The number of nitrogen functional groups attached to an aromatic ring is 1. The summed E-state index contributed by atoms with van der Waals surface area (Å²) in [5, 5.41) is 0. The van der Waals surface area contributed by atoms with Crippen molar-refractivity contribution in [3.8, 4) is 0 Å². The van der Waals surface area contributed by atoms with Gasteiger partial charge in [-0.15, -0.1) is 0 Å². The number of hydrogen-bond acceptors (Lipinski definition) is 3. The Balaban J connectivity index is 2.76. The van der Waals surface area contributed by atoms with Crippen molar-refractivity contribution >= 4 is 15.5 Å². The fourth-order valence-corrected chi connectivity index (χ4v) is 2.91. The van der Waals surface area contributed by atoms with E-state index in [-0.39, 0.29) is 17.2 Å². The molecule has 0 spiro atoms. The Morgan fingerprint density at radius 1 is 1.38 bits per heavy atom.